The largest absolute Gasteiger partial charge is 0.345 e. The molecule has 88 valence electrons. The van der Waals surface area contributed by atoms with E-state index in [1.165, 1.54) is 6.42 Å². The summed E-state index contributed by atoms with van der Waals surface area (Å²) in [5.74, 6) is 0.209. The van der Waals surface area contributed by atoms with Gasteiger partial charge in [0, 0.05) is 18.0 Å². The van der Waals surface area contributed by atoms with E-state index in [0.717, 1.165) is 29.6 Å². The number of nitrogens with one attached hydrogen (secondary N) is 2. The fraction of sp³-hybridized carbons (Fsp3) is 0.385. The lowest BCUT2D eigenvalue weighted by atomic mass is 10.0. The number of hydrogen-bond acceptors (Lipinski definition) is 3. The normalized spacial score (nSPS) is 19.9. The molecule has 1 atom stereocenters. The number of imidazole rings is 1. The highest BCUT2D eigenvalue weighted by atomic mass is 16.1. The number of carbonyl (C=O) groups is 1. The second-order valence-corrected chi connectivity index (χ2v) is 4.56. The van der Waals surface area contributed by atoms with Crippen molar-refractivity contribution in [3.63, 3.8) is 0 Å². The van der Waals surface area contributed by atoms with E-state index in [4.69, 9.17) is 0 Å². The number of fused-ring (bicyclic) bond motifs is 1. The molecule has 1 aliphatic heterocycles. The molecule has 0 radical (unpaired) electrons. The molecule has 1 fully saturated rings. The molecule has 3 rings (SSSR count). The van der Waals surface area contributed by atoms with E-state index in [1.807, 2.05) is 18.2 Å². The monoisotopic (exact) mass is 229 g/mol. The van der Waals surface area contributed by atoms with Gasteiger partial charge in [-0.15, -0.1) is 0 Å². The second-order valence-electron chi connectivity index (χ2n) is 4.56. The minimum atomic E-state index is 0.209. The van der Waals surface area contributed by atoms with Crippen LogP contribution in [0.5, 0.6) is 0 Å². The Labute approximate surface area is 99.4 Å². The molecule has 0 aliphatic carbocycles. The van der Waals surface area contributed by atoms with E-state index in [1.54, 1.807) is 6.33 Å². The molecule has 1 aromatic heterocycles. The first-order chi connectivity index (χ1) is 8.33. The molecule has 2 aromatic rings. The van der Waals surface area contributed by atoms with E-state index in [0.29, 0.717) is 12.5 Å². The van der Waals surface area contributed by atoms with Crippen molar-refractivity contribution in [2.45, 2.75) is 25.3 Å². The van der Waals surface area contributed by atoms with Crippen LogP contribution in [0.2, 0.25) is 0 Å². The van der Waals surface area contributed by atoms with Crippen LogP contribution in [-0.4, -0.2) is 28.3 Å². The molecule has 2 heterocycles. The van der Waals surface area contributed by atoms with Crippen LogP contribution in [0.1, 0.15) is 29.6 Å². The lowest BCUT2D eigenvalue weighted by Gasteiger charge is -2.08. The number of hydrogen-bond donors (Lipinski definition) is 2. The number of aromatic nitrogens is 2. The van der Waals surface area contributed by atoms with Crippen LogP contribution >= 0.6 is 0 Å². The quantitative estimate of drug-likeness (QED) is 0.790. The summed E-state index contributed by atoms with van der Waals surface area (Å²) in [5.41, 5.74) is 2.60. The third-order valence-corrected chi connectivity index (χ3v) is 3.34. The Hall–Kier alpha value is -1.68. The van der Waals surface area contributed by atoms with Crippen LogP contribution in [0, 0.1) is 0 Å². The molecule has 17 heavy (non-hydrogen) atoms. The maximum atomic E-state index is 12.1. The molecule has 1 aromatic carbocycles. The van der Waals surface area contributed by atoms with Gasteiger partial charge in [0.1, 0.15) is 0 Å². The molecule has 1 unspecified atom stereocenters. The van der Waals surface area contributed by atoms with Crippen molar-refractivity contribution in [3.8, 4) is 0 Å². The molecular weight excluding hydrogens is 214 g/mol. The number of carbonyl (C=O) groups excluding carboxylic acids is 1. The zero-order valence-corrected chi connectivity index (χ0v) is 9.57. The van der Waals surface area contributed by atoms with Crippen LogP contribution < -0.4 is 5.32 Å². The minimum absolute atomic E-state index is 0.209. The van der Waals surface area contributed by atoms with E-state index in [2.05, 4.69) is 15.3 Å². The van der Waals surface area contributed by atoms with Crippen molar-refractivity contribution in [2.75, 3.05) is 6.54 Å². The summed E-state index contributed by atoms with van der Waals surface area (Å²) in [6.07, 6.45) is 4.53. The number of benzene rings is 1. The van der Waals surface area contributed by atoms with Crippen LogP contribution in [0.25, 0.3) is 11.0 Å². The minimum Gasteiger partial charge on any atom is -0.345 e. The first-order valence-corrected chi connectivity index (χ1v) is 6.02. The van der Waals surface area contributed by atoms with E-state index < -0.39 is 0 Å². The van der Waals surface area contributed by atoms with E-state index >= 15 is 0 Å². The molecule has 0 spiro atoms. The Morgan fingerprint density at radius 1 is 1.47 bits per heavy atom. The SMILES string of the molecule is O=C(CC1CCCN1)c1ccc2nc[nH]c2c1. The highest BCUT2D eigenvalue weighted by Gasteiger charge is 2.18. The van der Waals surface area contributed by atoms with Crippen molar-refractivity contribution in [3.05, 3.63) is 30.1 Å². The summed E-state index contributed by atoms with van der Waals surface area (Å²) in [6.45, 7) is 1.04. The summed E-state index contributed by atoms with van der Waals surface area (Å²) in [5, 5.41) is 3.35. The Balaban J connectivity index is 1.79. The molecule has 1 aliphatic rings. The van der Waals surface area contributed by atoms with E-state index in [9.17, 15) is 4.79 Å². The first-order valence-electron chi connectivity index (χ1n) is 6.02. The van der Waals surface area contributed by atoms with Gasteiger partial charge in [-0.1, -0.05) is 0 Å². The predicted molar refractivity (Wildman–Crippen MR) is 66.1 cm³/mol. The second kappa shape index (κ2) is 4.30. The van der Waals surface area contributed by atoms with Gasteiger partial charge in [-0.25, -0.2) is 4.98 Å². The number of nitrogens with zero attached hydrogens (tertiary/aromatic N) is 1. The van der Waals surface area contributed by atoms with Gasteiger partial charge in [0.2, 0.25) is 0 Å². The lowest BCUT2D eigenvalue weighted by Crippen LogP contribution is -2.24. The van der Waals surface area contributed by atoms with Gasteiger partial charge >= 0.3 is 0 Å². The van der Waals surface area contributed by atoms with Crippen molar-refractivity contribution < 1.29 is 4.79 Å². The van der Waals surface area contributed by atoms with Gasteiger partial charge in [0.25, 0.3) is 0 Å². The summed E-state index contributed by atoms with van der Waals surface area (Å²) < 4.78 is 0. The Kier molecular flexibility index (Phi) is 2.65. The topological polar surface area (TPSA) is 57.8 Å². The van der Waals surface area contributed by atoms with Crippen molar-refractivity contribution >= 4 is 16.8 Å². The number of rotatable bonds is 3. The van der Waals surface area contributed by atoms with Gasteiger partial charge in [-0.3, -0.25) is 4.79 Å². The average Bonchev–Trinajstić information content (AvgIpc) is 2.97. The fourth-order valence-electron chi connectivity index (χ4n) is 2.38. The summed E-state index contributed by atoms with van der Waals surface area (Å²) >= 11 is 0. The van der Waals surface area contributed by atoms with Crippen LogP contribution in [0.3, 0.4) is 0 Å². The Bertz CT molecular complexity index is 540. The van der Waals surface area contributed by atoms with Gasteiger partial charge in [0.15, 0.2) is 5.78 Å². The van der Waals surface area contributed by atoms with Crippen molar-refractivity contribution in [1.82, 2.24) is 15.3 Å². The molecular formula is C13H15N3O. The van der Waals surface area contributed by atoms with Gasteiger partial charge in [-0.2, -0.15) is 0 Å². The molecule has 2 N–H and O–H groups in total. The van der Waals surface area contributed by atoms with Crippen LogP contribution in [0.15, 0.2) is 24.5 Å². The highest BCUT2D eigenvalue weighted by molar-refractivity contribution is 5.99. The third-order valence-electron chi connectivity index (χ3n) is 3.34. The van der Waals surface area contributed by atoms with Crippen LogP contribution in [-0.2, 0) is 0 Å². The maximum absolute atomic E-state index is 12.1. The highest BCUT2D eigenvalue weighted by Crippen LogP contribution is 2.16. The van der Waals surface area contributed by atoms with Gasteiger partial charge in [-0.05, 0) is 37.6 Å². The third kappa shape index (κ3) is 2.08. The van der Waals surface area contributed by atoms with Gasteiger partial charge < -0.3 is 10.3 Å². The predicted octanol–water partition coefficient (Wildman–Crippen LogP) is 1.89. The standard InChI is InChI=1S/C13H15N3O/c17-13(7-10-2-1-5-14-10)9-3-4-11-12(6-9)16-8-15-11/h3-4,6,8,10,14H,1-2,5,7H2,(H,15,16). The first kappa shape index (κ1) is 10.5. The molecule has 0 bridgehead atoms. The lowest BCUT2D eigenvalue weighted by molar-refractivity contribution is 0.0972. The smallest absolute Gasteiger partial charge is 0.164 e. The molecule has 0 saturated carbocycles. The van der Waals surface area contributed by atoms with E-state index in [-0.39, 0.29) is 5.78 Å². The van der Waals surface area contributed by atoms with Crippen molar-refractivity contribution in [2.24, 2.45) is 0 Å². The number of aromatic amines is 1. The molecule has 4 nitrogen and oxygen atoms in total. The summed E-state index contributed by atoms with van der Waals surface area (Å²) in [6, 6.07) is 6.00. The number of H-pyrrole nitrogens is 1. The number of ketones is 1. The molecule has 4 heteroatoms. The fourth-order valence-corrected chi connectivity index (χ4v) is 2.38. The summed E-state index contributed by atoms with van der Waals surface area (Å²) in [4.78, 5) is 19.3. The van der Waals surface area contributed by atoms with Gasteiger partial charge in [0.05, 0.1) is 17.4 Å². The Morgan fingerprint density at radius 3 is 3.24 bits per heavy atom. The van der Waals surface area contributed by atoms with Crippen molar-refractivity contribution in [1.29, 1.82) is 0 Å². The Morgan fingerprint density at radius 2 is 2.41 bits per heavy atom. The summed E-state index contributed by atoms with van der Waals surface area (Å²) in [7, 11) is 0. The molecule has 1 saturated heterocycles. The number of Topliss-reactive ketones (excluding diaryl/α,β-unsaturated/α-hetero) is 1. The molecule has 0 amide bonds. The zero-order valence-electron chi connectivity index (χ0n) is 9.57. The van der Waals surface area contributed by atoms with Crippen LogP contribution in [0.4, 0.5) is 0 Å². The maximum Gasteiger partial charge on any atom is 0.164 e. The zero-order chi connectivity index (χ0) is 11.7. The average molecular weight is 229 g/mol.